The number of halogens is 5. The third kappa shape index (κ3) is 8.08. The number of fused-ring (bicyclic) bond motifs is 5. The summed E-state index contributed by atoms with van der Waals surface area (Å²) in [6, 6.07) is 5.90. The predicted octanol–water partition coefficient (Wildman–Crippen LogP) is 9.80. The number of carbonyl (C=O) groups is 1. The molecule has 0 aromatic heterocycles. The van der Waals surface area contributed by atoms with Gasteiger partial charge in [0.1, 0.15) is 5.75 Å². The zero-order valence-corrected chi connectivity index (χ0v) is 26.1. The van der Waals surface area contributed by atoms with Crippen molar-refractivity contribution in [2.75, 3.05) is 0 Å². The van der Waals surface area contributed by atoms with Gasteiger partial charge in [-0.3, -0.25) is 4.79 Å². The Morgan fingerprint density at radius 2 is 1.57 bits per heavy atom. The van der Waals surface area contributed by atoms with Crippen molar-refractivity contribution in [1.29, 1.82) is 0 Å². The van der Waals surface area contributed by atoms with Crippen molar-refractivity contribution < 1.29 is 42.1 Å². The standard InChI is InChI=1S/C35H51F5O4/c1-33-22-25(31-27-17-15-26(41)21-24(27)14-16-28(31)29(33)18-19-30(33)42)13-8-5-3-2-4-7-11-23(32(43)44)12-9-6-10-20-34(36,37)35(38,39)40/h15,17,21,23,25,28-31,41-42H,2-14,16,18-20,22H2,1H3,(H,43,44)/t23?,25?,28?,29?,30?,31?,33-/m0/s1. The van der Waals surface area contributed by atoms with E-state index in [1.165, 1.54) is 11.1 Å². The van der Waals surface area contributed by atoms with Gasteiger partial charge in [-0.25, -0.2) is 0 Å². The van der Waals surface area contributed by atoms with Gasteiger partial charge in [-0.15, -0.1) is 0 Å². The monoisotopic (exact) mass is 630 g/mol. The van der Waals surface area contributed by atoms with E-state index in [2.05, 4.69) is 13.0 Å². The van der Waals surface area contributed by atoms with Crippen LogP contribution in [0, 0.1) is 29.1 Å². The van der Waals surface area contributed by atoms with E-state index in [0.29, 0.717) is 48.7 Å². The molecule has 3 aliphatic carbocycles. The van der Waals surface area contributed by atoms with Crippen LogP contribution in [0.25, 0.3) is 0 Å². The van der Waals surface area contributed by atoms with Gasteiger partial charge in [0.05, 0.1) is 12.0 Å². The van der Waals surface area contributed by atoms with E-state index in [9.17, 15) is 42.1 Å². The Kier molecular flexibility index (Phi) is 11.7. The van der Waals surface area contributed by atoms with Crippen molar-refractivity contribution in [3.05, 3.63) is 29.3 Å². The molecule has 0 heterocycles. The summed E-state index contributed by atoms with van der Waals surface area (Å²) in [6.45, 7) is 2.31. The van der Waals surface area contributed by atoms with Gasteiger partial charge in [-0.2, -0.15) is 22.0 Å². The van der Waals surface area contributed by atoms with E-state index in [1.54, 1.807) is 0 Å². The van der Waals surface area contributed by atoms with E-state index in [0.717, 1.165) is 77.0 Å². The van der Waals surface area contributed by atoms with Crippen LogP contribution in [-0.4, -0.2) is 39.5 Å². The first-order chi connectivity index (χ1) is 20.7. The molecule has 0 saturated heterocycles. The van der Waals surface area contributed by atoms with E-state index in [-0.39, 0.29) is 24.4 Å². The summed E-state index contributed by atoms with van der Waals surface area (Å²) < 4.78 is 62.9. The number of hydrogen-bond donors (Lipinski definition) is 3. The number of aliphatic hydroxyl groups excluding tert-OH is 1. The molecule has 9 heteroatoms. The first kappa shape index (κ1) is 35.0. The van der Waals surface area contributed by atoms with Crippen LogP contribution in [0.2, 0.25) is 0 Å². The van der Waals surface area contributed by atoms with Gasteiger partial charge < -0.3 is 15.3 Å². The van der Waals surface area contributed by atoms with Gasteiger partial charge in [-0.05, 0) is 110 Å². The zero-order chi connectivity index (χ0) is 32.1. The van der Waals surface area contributed by atoms with Crippen molar-refractivity contribution in [2.45, 2.75) is 147 Å². The van der Waals surface area contributed by atoms with Crippen molar-refractivity contribution in [3.63, 3.8) is 0 Å². The van der Waals surface area contributed by atoms with Crippen LogP contribution in [0.15, 0.2) is 18.2 Å². The van der Waals surface area contributed by atoms with Crippen LogP contribution in [0.1, 0.15) is 133 Å². The van der Waals surface area contributed by atoms with Crippen LogP contribution < -0.4 is 0 Å². The smallest absolute Gasteiger partial charge is 0.453 e. The Morgan fingerprint density at radius 1 is 0.932 bits per heavy atom. The maximum atomic E-state index is 13.0. The highest BCUT2D eigenvalue weighted by Crippen LogP contribution is 2.63. The minimum atomic E-state index is -5.54. The van der Waals surface area contributed by atoms with E-state index in [1.807, 2.05) is 12.1 Å². The third-order valence-electron chi connectivity index (χ3n) is 11.5. The molecule has 250 valence electrons. The molecule has 3 N–H and O–H groups in total. The van der Waals surface area contributed by atoms with Crippen LogP contribution >= 0.6 is 0 Å². The lowest BCUT2D eigenvalue weighted by molar-refractivity contribution is -0.284. The fourth-order valence-corrected chi connectivity index (χ4v) is 9.08. The van der Waals surface area contributed by atoms with Crippen LogP contribution in [0.5, 0.6) is 5.75 Å². The molecular formula is C35H51F5O4. The Morgan fingerprint density at radius 3 is 2.23 bits per heavy atom. The molecule has 7 atom stereocenters. The van der Waals surface area contributed by atoms with E-state index < -0.39 is 30.4 Å². The fourth-order valence-electron chi connectivity index (χ4n) is 9.08. The van der Waals surface area contributed by atoms with E-state index >= 15 is 0 Å². The lowest BCUT2D eigenvalue weighted by Gasteiger charge is -2.54. The number of aliphatic hydroxyl groups is 1. The second-order valence-electron chi connectivity index (χ2n) is 14.3. The lowest BCUT2D eigenvalue weighted by Crippen LogP contribution is -2.47. The van der Waals surface area contributed by atoms with Gasteiger partial charge in [-0.1, -0.05) is 64.4 Å². The third-order valence-corrected chi connectivity index (χ3v) is 11.5. The summed E-state index contributed by atoms with van der Waals surface area (Å²) >= 11 is 0. The molecular weight excluding hydrogens is 579 g/mol. The molecule has 0 spiro atoms. The number of unbranched alkanes of at least 4 members (excludes halogenated alkanes) is 7. The molecule has 0 radical (unpaired) electrons. The Hall–Kier alpha value is -1.90. The number of phenolic OH excluding ortho intramolecular Hbond substituents is 1. The Balaban J connectivity index is 1.17. The maximum absolute atomic E-state index is 13.0. The molecule has 1 aromatic rings. The van der Waals surface area contributed by atoms with Crippen molar-refractivity contribution in [1.82, 2.24) is 0 Å². The molecule has 2 saturated carbocycles. The van der Waals surface area contributed by atoms with Gasteiger partial charge >= 0.3 is 18.1 Å². The second-order valence-corrected chi connectivity index (χ2v) is 14.3. The van der Waals surface area contributed by atoms with Crippen LogP contribution in [0.3, 0.4) is 0 Å². The highest BCUT2D eigenvalue weighted by Gasteiger charge is 2.58. The number of benzene rings is 1. The van der Waals surface area contributed by atoms with Crippen molar-refractivity contribution in [3.8, 4) is 5.75 Å². The normalized spacial score (nSPS) is 29.1. The number of aromatic hydroxyl groups is 1. The Labute approximate surface area is 258 Å². The number of aryl methyl sites for hydroxylation is 1. The van der Waals surface area contributed by atoms with Gasteiger partial charge in [0, 0.05) is 6.42 Å². The minimum Gasteiger partial charge on any atom is -0.508 e. The zero-order valence-electron chi connectivity index (χ0n) is 26.1. The molecule has 6 unspecified atom stereocenters. The summed E-state index contributed by atoms with van der Waals surface area (Å²) in [7, 11) is 0. The number of carboxylic acid groups (broad SMARTS) is 1. The van der Waals surface area contributed by atoms with Crippen molar-refractivity contribution >= 4 is 5.97 Å². The summed E-state index contributed by atoms with van der Waals surface area (Å²) in [6.07, 6.45) is 6.21. The largest absolute Gasteiger partial charge is 0.508 e. The molecule has 4 rings (SSSR count). The number of alkyl halides is 5. The highest BCUT2D eigenvalue weighted by atomic mass is 19.4. The maximum Gasteiger partial charge on any atom is 0.453 e. The SMILES string of the molecule is C[C@]12CC(CCCCCCCCC(CCCCCC(F)(F)C(F)(F)F)C(=O)O)C3c4ccc(O)cc4CCC3C1CCC2O. The first-order valence-electron chi connectivity index (χ1n) is 16.9. The molecule has 0 bridgehead atoms. The fraction of sp³-hybridized carbons (Fsp3) is 0.800. The number of hydrogen-bond acceptors (Lipinski definition) is 3. The van der Waals surface area contributed by atoms with Gasteiger partial charge in [0.2, 0.25) is 0 Å². The predicted molar refractivity (Wildman–Crippen MR) is 160 cm³/mol. The lowest BCUT2D eigenvalue weighted by atomic mass is 9.51. The molecule has 0 aliphatic heterocycles. The molecule has 0 amide bonds. The number of carboxylic acids is 1. The van der Waals surface area contributed by atoms with Gasteiger partial charge in [0.15, 0.2) is 0 Å². The molecule has 4 nitrogen and oxygen atoms in total. The first-order valence-corrected chi connectivity index (χ1v) is 16.9. The summed E-state index contributed by atoms with van der Waals surface area (Å²) in [5, 5.41) is 30.6. The second kappa shape index (κ2) is 14.7. The molecule has 1 aromatic carbocycles. The van der Waals surface area contributed by atoms with Gasteiger partial charge in [0.25, 0.3) is 0 Å². The van der Waals surface area contributed by atoms with Crippen LogP contribution in [-0.2, 0) is 11.2 Å². The summed E-state index contributed by atoms with van der Waals surface area (Å²) in [4.78, 5) is 11.6. The average Bonchev–Trinajstić information content (AvgIpc) is 3.25. The van der Waals surface area contributed by atoms with E-state index in [4.69, 9.17) is 0 Å². The number of phenols is 1. The quantitative estimate of drug-likeness (QED) is 0.126. The number of aliphatic carboxylic acids is 1. The average molecular weight is 631 g/mol. The summed E-state index contributed by atoms with van der Waals surface area (Å²) in [5.41, 5.74) is 2.66. The molecule has 2 fully saturated rings. The minimum absolute atomic E-state index is 0.0188. The molecule has 44 heavy (non-hydrogen) atoms. The highest BCUT2D eigenvalue weighted by molar-refractivity contribution is 5.69. The number of rotatable bonds is 16. The summed E-state index contributed by atoms with van der Waals surface area (Å²) in [5.74, 6) is -3.76. The van der Waals surface area contributed by atoms with Crippen LogP contribution in [0.4, 0.5) is 22.0 Å². The Bertz CT molecular complexity index is 1090. The molecule has 3 aliphatic rings. The topological polar surface area (TPSA) is 77.8 Å². The van der Waals surface area contributed by atoms with Crippen molar-refractivity contribution in [2.24, 2.45) is 29.1 Å².